The van der Waals surface area contributed by atoms with Gasteiger partial charge in [-0.1, -0.05) is 18.6 Å². The minimum Gasteiger partial charge on any atom is -0.497 e. The molecule has 0 saturated heterocycles. The zero-order valence-corrected chi connectivity index (χ0v) is 13.3. The summed E-state index contributed by atoms with van der Waals surface area (Å²) < 4.78 is 5.12. The number of hydrogen-bond acceptors (Lipinski definition) is 3. The van der Waals surface area contributed by atoms with Crippen LogP contribution in [-0.4, -0.2) is 25.6 Å². The number of carbonyl (C=O) groups excluding carboxylic acids is 1. The van der Waals surface area contributed by atoms with Crippen LogP contribution in [0.25, 0.3) is 0 Å². The number of ether oxygens (including phenoxy) is 1. The summed E-state index contributed by atoms with van der Waals surface area (Å²) in [6.45, 7) is 0.670. The molecule has 1 aliphatic carbocycles. The molecule has 5 heteroatoms. The third-order valence-corrected chi connectivity index (χ3v) is 4.11. The van der Waals surface area contributed by atoms with E-state index in [4.69, 9.17) is 10.5 Å². The average Bonchev–Trinajstić information content (AvgIpc) is 2.92. The van der Waals surface area contributed by atoms with Gasteiger partial charge in [0.05, 0.1) is 7.11 Å². The van der Waals surface area contributed by atoms with Gasteiger partial charge in [0.25, 0.3) is 0 Å². The van der Waals surface area contributed by atoms with Crippen molar-refractivity contribution in [3.63, 3.8) is 0 Å². The first-order chi connectivity index (χ1) is 9.72. The molecule has 1 aliphatic rings. The molecular formula is C16H25ClN2O2. The minimum atomic E-state index is 0. The molecule has 4 nitrogen and oxygen atoms in total. The Balaban J connectivity index is 0.00000220. The Kier molecular flexibility index (Phi) is 7.54. The summed E-state index contributed by atoms with van der Waals surface area (Å²) in [5, 5.41) is 3.13. The number of halogens is 1. The Bertz CT molecular complexity index is 436. The van der Waals surface area contributed by atoms with Crippen LogP contribution in [-0.2, 0) is 11.2 Å². The fourth-order valence-electron chi connectivity index (χ4n) is 2.84. The highest BCUT2D eigenvalue weighted by Gasteiger charge is 2.26. The van der Waals surface area contributed by atoms with Crippen molar-refractivity contribution in [2.45, 2.75) is 38.1 Å². The average molecular weight is 313 g/mol. The summed E-state index contributed by atoms with van der Waals surface area (Å²) in [5.41, 5.74) is 6.88. The van der Waals surface area contributed by atoms with Gasteiger partial charge in [-0.15, -0.1) is 12.4 Å². The van der Waals surface area contributed by atoms with Crippen molar-refractivity contribution in [3.05, 3.63) is 29.8 Å². The van der Waals surface area contributed by atoms with Gasteiger partial charge in [-0.3, -0.25) is 4.79 Å². The smallest absolute Gasteiger partial charge is 0.220 e. The number of aryl methyl sites for hydroxylation is 1. The van der Waals surface area contributed by atoms with Crippen LogP contribution in [0.4, 0.5) is 0 Å². The topological polar surface area (TPSA) is 64.3 Å². The maximum atomic E-state index is 12.0. The summed E-state index contributed by atoms with van der Waals surface area (Å²) in [7, 11) is 1.65. The molecule has 21 heavy (non-hydrogen) atoms. The van der Waals surface area contributed by atoms with Crippen LogP contribution in [0.3, 0.4) is 0 Å². The summed E-state index contributed by atoms with van der Waals surface area (Å²) in [6.07, 6.45) is 4.66. The highest BCUT2D eigenvalue weighted by atomic mass is 35.5. The van der Waals surface area contributed by atoms with E-state index in [-0.39, 0.29) is 24.4 Å². The molecule has 2 rings (SSSR count). The molecule has 2 atom stereocenters. The van der Waals surface area contributed by atoms with E-state index >= 15 is 0 Å². The van der Waals surface area contributed by atoms with E-state index in [0.29, 0.717) is 18.9 Å². The summed E-state index contributed by atoms with van der Waals surface area (Å²) >= 11 is 0. The van der Waals surface area contributed by atoms with Gasteiger partial charge in [-0.05, 0) is 49.4 Å². The highest BCUT2D eigenvalue weighted by molar-refractivity contribution is 5.85. The second kappa shape index (κ2) is 8.90. The molecule has 2 unspecified atom stereocenters. The molecule has 0 bridgehead atoms. The van der Waals surface area contributed by atoms with Crippen molar-refractivity contribution in [2.75, 3.05) is 13.7 Å². The van der Waals surface area contributed by atoms with Crippen LogP contribution in [0.1, 0.15) is 31.2 Å². The fourth-order valence-corrected chi connectivity index (χ4v) is 2.84. The summed E-state index contributed by atoms with van der Waals surface area (Å²) in [4.78, 5) is 12.0. The Morgan fingerprint density at radius 2 is 2.05 bits per heavy atom. The van der Waals surface area contributed by atoms with Gasteiger partial charge in [-0.2, -0.15) is 0 Å². The van der Waals surface area contributed by atoms with Crippen molar-refractivity contribution in [2.24, 2.45) is 11.7 Å². The van der Waals surface area contributed by atoms with Crippen LogP contribution in [0.15, 0.2) is 24.3 Å². The van der Waals surface area contributed by atoms with Crippen LogP contribution >= 0.6 is 12.4 Å². The zero-order chi connectivity index (χ0) is 14.4. The molecule has 0 heterocycles. The standard InChI is InChI=1S/C16H24N2O2.ClH/c1-20-14-8-5-12(6-9-14)7-10-16(19)18-15-4-2-3-13(15)11-17;/h5-6,8-9,13,15H,2-4,7,10-11,17H2,1H3,(H,18,19);1H. The van der Waals surface area contributed by atoms with Gasteiger partial charge in [0.2, 0.25) is 5.91 Å². The van der Waals surface area contributed by atoms with Crippen LogP contribution in [0.5, 0.6) is 5.75 Å². The Morgan fingerprint density at radius 1 is 1.33 bits per heavy atom. The van der Waals surface area contributed by atoms with E-state index in [0.717, 1.165) is 30.6 Å². The molecule has 1 amide bonds. The number of nitrogens with one attached hydrogen (secondary N) is 1. The first-order valence-electron chi connectivity index (χ1n) is 7.35. The van der Waals surface area contributed by atoms with Crippen molar-refractivity contribution in [1.82, 2.24) is 5.32 Å². The lowest BCUT2D eigenvalue weighted by molar-refractivity contribution is -0.122. The van der Waals surface area contributed by atoms with Gasteiger partial charge < -0.3 is 15.8 Å². The quantitative estimate of drug-likeness (QED) is 0.847. The van der Waals surface area contributed by atoms with Crippen molar-refractivity contribution >= 4 is 18.3 Å². The van der Waals surface area contributed by atoms with Crippen molar-refractivity contribution in [1.29, 1.82) is 0 Å². The molecule has 0 spiro atoms. The predicted octanol–water partition coefficient (Wildman–Crippen LogP) is 2.29. The Labute approximate surface area is 132 Å². The van der Waals surface area contributed by atoms with E-state index in [9.17, 15) is 4.79 Å². The number of methoxy groups -OCH3 is 1. The van der Waals surface area contributed by atoms with E-state index in [2.05, 4.69) is 5.32 Å². The number of rotatable bonds is 6. The Morgan fingerprint density at radius 3 is 2.67 bits per heavy atom. The second-order valence-electron chi connectivity index (χ2n) is 5.45. The fraction of sp³-hybridized carbons (Fsp3) is 0.562. The molecule has 1 aromatic rings. The van der Waals surface area contributed by atoms with E-state index in [1.54, 1.807) is 7.11 Å². The normalized spacial score (nSPS) is 20.7. The molecule has 3 N–H and O–H groups in total. The van der Waals surface area contributed by atoms with Crippen LogP contribution in [0.2, 0.25) is 0 Å². The third-order valence-electron chi connectivity index (χ3n) is 4.11. The summed E-state index contributed by atoms with van der Waals surface area (Å²) in [6, 6.07) is 8.14. The molecular weight excluding hydrogens is 288 g/mol. The molecule has 1 aromatic carbocycles. The number of amides is 1. The summed E-state index contributed by atoms with van der Waals surface area (Å²) in [5.74, 6) is 1.43. The molecule has 0 radical (unpaired) electrons. The largest absolute Gasteiger partial charge is 0.497 e. The lowest BCUT2D eigenvalue weighted by atomic mass is 10.0. The molecule has 0 aliphatic heterocycles. The number of benzene rings is 1. The van der Waals surface area contributed by atoms with Gasteiger partial charge in [-0.25, -0.2) is 0 Å². The lowest BCUT2D eigenvalue weighted by Gasteiger charge is -2.19. The SMILES string of the molecule is COc1ccc(CCC(=O)NC2CCCC2CN)cc1.Cl. The third kappa shape index (κ3) is 5.21. The number of hydrogen-bond donors (Lipinski definition) is 2. The predicted molar refractivity (Wildman–Crippen MR) is 86.9 cm³/mol. The number of carbonyl (C=O) groups is 1. The highest BCUT2D eigenvalue weighted by Crippen LogP contribution is 2.24. The maximum Gasteiger partial charge on any atom is 0.220 e. The number of nitrogens with two attached hydrogens (primary N) is 1. The first-order valence-corrected chi connectivity index (χ1v) is 7.35. The minimum absolute atomic E-state index is 0. The maximum absolute atomic E-state index is 12.0. The first kappa shape index (κ1) is 17.8. The van der Waals surface area contributed by atoms with Gasteiger partial charge in [0.1, 0.15) is 5.75 Å². The zero-order valence-electron chi connectivity index (χ0n) is 12.5. The van der Waals surface area contributed by atoms with E-state index in [1.165, 1.54) is 6.42 Å². The monoisotopic (exact) mass is 312 g/mol. The van der Waals surface area contributed by atoms with Gasteiger partial charge in [0, 0.05) is 12.5 Å². The van der Waals surface area contributed by atoms with E-state index < -0.39 is 0 Å². The molecule has 118 valence electrons. The van der Waals surface area contributed by atoms with E-state index in [1.807, 2.05) is 24.3 Å². The lowest BCUT2D eigenvalue weighted by Crippen LogP contribution is -2.39. The van der Waals surface area contributed by atoms with Crippen LogP contribution in [0, 0.1) is 5.92 Å². The van der Waals surface area contributed by atoms with Gasteiger partial charge >= 0.3 is 0 Å². The van der Waals surface area contributed by atoms with Crippen molar-refractivity contribution in [3.8, 4) is 5.75 Å². The van der Waals surface area contributed by atoms with Crippen molar-refractivity contribution < 1.29 is 9.53 Å². The Hall–Kier alpha value is -1.26. The molecule has 1 fully saturated rings. The molecule has 1 saturated carbocycles. The molecule has 0 aromatic heterocycles. The second-order valence-corrected chi connectivity index (χ2v) is 5.45. The van der Waals surface area contributed by atoms with Gasteiger partial charge in [0.15, 0.2) is 0 Å². The van der Waals surface area contributed by atoms with Crippen LogP contribution < -0.4 is 15.8 Å².